The molecular formula is C21H21FO6S. The van der Waals surface area contributed by atoms with Crippen molar-refractivity contribution in [3.63, 3.8) is 0 Å². The molecule has 1 fully saturated rings. The van der Waals surface area contributed by atoms with Gasteiger partial charge in [-0.05, 0) is 43.7 Å². The molecule has 154 valence electrons. The fraction of sp³-hybridized carbons (Fsp3) is 0.333. The molecule has 1 aliphatic rings. The van der Waals surface area contributed by atoms with E-state index in [1.807, 2.05) is 0 Å². The number of carbonyl (C=O) groups is 2. The fourth-order valence-corrected chi connectivity index (χ4v) is 6.02. The first-order chi connectivity index (χ1) is 13.8. The second-order valence-corrected chi connectivity index (χ2v) is 8.69. The Hall–Kier alpha value is -2.74. The second kappa shape index (κ2) is 7.94. The molecule has 0 spiro atoms. The van der Waals surface area contributed by atoms with Gasteiger partial charge in [-0.25, -0.2) is 12.8 Å². The minimum absolute atomic E-state index is 0.0208. The highest BCUT2D eigenvalue weighted by Crippen LogP contribution is 2.65. The first kappa shape index (κ1) is 21.0. The van der Waals surface area contributed by atoms with E-state index in [2.05, 4.69) is 0 Å². The molecule has 0 saturated heterocycles. The molecule has 1 aliphatic carbocycles. The lowest BCUT2D eigenvalue weighted by Gasteiger charge is -2.15. The van der Waals surface area contributed by atoms with Crippen molar-refractivity contribution in [1.29, 1.82) is 0 Å². The van der Waals surface area contributed by atoms with Crippen LogP contribution in [-0.4, -0.2) is 38.8 Å². The van der Waals surface area contributed by atoms with Crippen molar-refractivity contribution >= 4 is 21.8 Å². The smallest absolute Gasteiger partial charge is 0.325 e. The lowest BCUT2D eigenvalue weighted by Crippen LogP contribution is -2.35. The molecule has 0 heterocycles. The predicted molar refractivity (Wildman–Crippen MR) is 102 cm³/mol. The molecule has 2 aromatic rings. The third-order valence-corrected chi connectivity index (χ3v) is 7.24. The van der Waals surface area contributed by atoms with E-state index >= 15 is 0 Å². The molecule has 0 radical (unpaired) electrons. The van der Waals surface area contributed by atoms with Crippen LogP contribution in [-0.2, 0) is 28.9 Å². The maximum atomic E-state index is 13.4. The molecule has 8 heteroatoms. The summed E-state index contributed by atoms with van der Waals surface area (Å²) in [5, 5.41) is -1.42. The molecule has 0 aromatic heterocycles. The summed E-state index contributed by atoms with van der Waals surface area (Å²) in [5.41, 5.74) is -1.70. The highest BCUT2D eigenvalue weighted by atomic mass is 32.2. The molecule has 29 heavy (non-hydrogen) atoms. The summed E-state index contributed by atoms with van der Waals surface area (Å²) in [5.74, 6) is -3.49. The van der Waals surface area contributed by atoms with Crippen LogP contribution in [0.4, 0.5) is 4.39 Å². The number of ether oxygens (including phenoxy) is 2. The first-order valence-corrected chi connectivity index (χ1v) is 10.7. The minimum atomic E-state index is -4.10. The maximum absolute atomic E-state index is 13.4. The largest absolute Gasteiger partial charge is 0.465 e. The van der Waals surface area contributed by atoms with Gasteiger partial charge in [-0.3, -0.25) is 9.59 Å². The van der Waals surface area contributed by atoms with Gasteiger partial charge in [-0.15, -0.1) is 0 Å². The summed E-state index contributed by atoms with van der Waals surface area (Å²) in [6.45, 7) is 3.06. The van der Waals surface area contributed by atoms with Gasteiger partial charge < -0.3 is 9.47 Å². The monoisotopic (exact) mass is 420 g/mol. The van der Waals surface area contributed by atoms with Gasteiger partial charge >= 0.3 is 11.9 Å². The Balaban J connectivity index is 2.19. The molecule has 0 unspecified atom stereocenters. The predicted octanol–water partition coefficient (Wildman–Crippen LogP) is 2.88. The molecule has 0 bridgehead atoms. The van der Waals surface area contributed by atoms with E-state index in [4.69, 9.17) is 9.47 Å². The summed E-state index contributed by atoms with van der Waals surface area (Å²) in [6, 6.07) is 12.6. The Morgan fingerprint density at radius 3 is 1.93 bits per heavy atom. The maximum Gasteiger partial charge on any atom is 0.325 e. The van der Waals surface area contributed by atoms with Crippen molar-refractivity contribution in [3.8, 4) is 0 Å². The van der Waals surface area contributed by atoms with Gasteiger partial charge in [0.2, 0.25) is 0 Å². The summed E-state index contributed by atoms with van der Waals surface area (Å²) in [4.78, 5) is 25.8. The van der Waals surface area contributed by atoms with Gasteiger partial charge in [-0.2, -0.15) is 0 Å². The molecule has 1 saturated carbocycles. The van der Waals surface area contributed by atoms with Gasteiger partial charge in [-0.1, -0.05) is 30.3 Å². The summed E-state index contributed by atoms with van der Waals surface area (Å²) in [6.07, 6.45) is 0. The van der Waals surface area contributed by atoms with Crippen LogP contribution in [0.1, 0.15) is 25.3 Å². The second-order valence-electron chi connectivity index (χ2n) is 6.62. The van der Waals surface area contributed by atoms with E-state index in [9.17, 15) is 22.4 Å². The Morgan fingerprint density at radius 1 is 0.931 bits per heavy atom. The zero-order chi connectivity index (χ0) is 21.2. The van der Waals surface area contributed by atoms with E-state index in [0.29, 0.717) is 5.56 Å². The van der Waals surface area contributed by atoms with Crippen LogP contribution in [0.5, 0.6) is 0 Å². The Bertz CT molecular complexity index is 983. The Kier molecular flexibility index (Phi) is 5.75. The Labute approximate surface area is 168 Å². The third kappa shape index (κ3) is 3.42. The van der Waals surface area contributed by atoms with Gasteiger partial charge in [0.15, 0.2) is 15.3 Å². The summed E-state index contributed by atoms with van der Waals surface area (Å²) < 4.78 is 50.4. The van der Waals surface area contributed by atoms with Gasteiger partial charge in [0.05, 0.1) is 18.1 Å². The van der Waals surface area contributed by atoms with E-state index in [0.717, 1.165) is 12.1 Å². The standard InChI is InChI=1S/C21H21FO6S/c1-3-27-19(23)21(20(24)28-4-2)17(14-10-12-15(22)13-11-14)18(21)29(25,26)16-8-6-5-7-9-16/h5-13,17-18H,3-4H2,1-2H3/t17-,18-/m0/s1. The molecular weight excluding hydrogens is 399 g/mol. The lowest BCUT2D eigenvalue weighted by atomic mass is 9.99. The van der Waals surface area contributed by atoms with Crippen LogP contribution in [0.3, 0.4) is 0 Å². The summed E-state index contributed by atoms with van der Waals surface area (Å²) in [7, 11) is -4.10. The number of hydrogen-bond donors (Lipinski definition) is 0. The normalized spacial score (nSPS) is 20.0. The molecule has 0 aliphatic heterocycles. The van der Waals surface area contributed by atoms with Gasteiger partial charge in [0, 0.05) is 5.92 Å². The van der Waals surface area contributed by atoms with Crippen LogP contribution in [0.25, 0.3) is 0 Å². The fourth-order valence-electron chi connectivity index (χ4n) is 3.72. The van der Waals surface area contributed by atoms with Crippen molar-refractivity contribution in [2.24, 2.45) is 5.41 Å². The third-order valence-electron chi connectivity index (χ3n) is 4.99. The highest BCUT2D eigenvalue weighted by Gasteiger charge is 2.81. The van der Waals surface area contributed by atoms with Crippen LogP contribution in [0, 0.1) is 11.2 Å². The molecule has 0 N–H and O–H groups in total. The topological polar surface area (TPSA) is 86.7 Å². The summed E-state index contributed by atoms with van der Waals surface area (Å²) >= 11 is 0. The average molecular weight is 420 g/mol. The van der Waals surface area contributed by atoms with E-state index in [-0.39, 0.29) is 18.1 Å². The number of halogens is 1. The number of benzene rings is 2. The number of hydrogen-bond acceptors (Lipinski definition) is 6. The molecule has 3 rings (SSSR count). The van der Waals surface area contributed by atoms with Crippen molar-refractivity contribution in [3.05, 3.63) is 66.0 Å². The number of esters is 2. The van der Waals surface area contributed by atoms with Crippen molar-refractivity contribution in [2.75, 3.05) is 13.2 Å². The zero-order valence-electron chi connectivity index (χ0n) is 16.0. The minimum Gasteiger partial charge on any atom is -0.465 e. The van der Waals surface area contributed by atoms with Crippen molar-refractivity contribution < 1.29 is 31.9 Å². The lowest BCUT2D eigenvalue weighted by molar-refractivity contribution is -0.164. The number of sulfone groups is 1. The zero-order valence-corrected chi connectivity index (χ0v) is 16.8. The SMILES string of the molecule is CCOC(=O)C1(C(=O)OCC)[C@@H](c2ccc(F)cc2)[C@@H]1S(=O)(=O)c1ccccc1. The van der Waals surface area contributed by atoms with E-state index in [1.54, 1.807) is 32.0 Å². The van der Waals surface area contributed by atoms with Crippen LogP contribution >= 0.6 is 0 Å². The molecule has 0 amide bonds. The highest BCUT2D eigenvalue weighted by molar-refractivity contribution is 7.92. The van der Waals surface area contributed by atoms with Gasteiger partial charge in [0.25, 0.3) is 0 Å². The van der Waals surface area contributed by atoms with E-state index in [1.165, 1.54) is 24.3 Å². The quantitative estimate of drug-likeness (QED) is 0.506. The van der Waals surface area contributed by atoms with Crippen molar-refractivity contribution in [1.82, 2.24) is 0 Å². The van der Waals surface area contributed by atoms with Crippen LogP contribution in [0.15, 0.2) is 59.5 Å². The molecule has 2 aromatic carbocycles. The number of rotatable bonds is 7. The first-order valence-electron chi connectivity index (χ1n) is 9.20. The van der Waals surface area contributed by atoms with Gasteiger partial charge in [0.1, 0.15) is 11.1 Å². The van der Waals surface area contributed by atoms with Crippen molar-refractivity contribution in [2.45, 2.75) is 29.9 Å². The Morgan fingerprint density at radius 2 is 1.45 bits per heavy atom. The number of carbonyl (C=O) groups excluding carboxylic acids is 2. The average Bonchev–Trinajstić information content (AvgIpc) is 3.42. The molecule has 2 atom stereocenters. The molecule has 6 nitrogen and oxygen atoms in total. The van der Waals surface area contributed by atoms with Crippen LogP contribution in [0.2, 0.25) is 0 Å². The van der Waals surface area contributed by atoms with Crippen LogP contribution < -0.4 is 0 Å². The van der Waals surface area contributed by atoms with E-state index < -0.39 is 44.2 Å².